The zero-order valence-corrected chi connectivity index (χ0v) is 69.0. The Labute approximate surface area is 720 Å². The van der Waals surface area contributed by atoms with E-state index in [2.05, 4.69) is 58.0 Å². The summed E-state index contributed by atoms with van der Waals surface area (Å²) < 4.78 is 82.0. The van der Waals surface area contributed by atoms with Gasteiger partial charge >= 0.3 is 6.36 Å². The number of amides is 9. The molecule has 16 unspecified atom stereocenters. The number of primary amides is 1. The zero-order valence-electron chi connectivity index (χ0n) is 67.5. The Hall–Kier alpha value is -11.7. The molecule has 11 bridgehead atoms. The first-order chi connectivity index (χ1) is 59.1. The number of hydrogen-bond acceptors (Lipinski definition) is 28. The van der Waals surface area contributed by atoms with Crippen LogP contribution in [0.25, 0.3) is 11.1 Å². The van der Waals surface area contributed by atoms with Crippen LogP contribution in [0.3, 0.4) is 0 Å². The molecule has 0 aliphatic carbocycles. The number of hydrogen-bond donors (Lipinski definition) is 20. The van der Waals surface area contributed by atoms with Gasteiger partial charge in [0.1, 0.15) is 101 Å². The fraction of sp³-hybridized carbons (Fsp3) is 0.386. The van der Waals surface area contributed by atoms with Crippen LogP contribution in [0.4, 0.5) is 18.9 Å². The van der Waals surface area contributed by atoms with Crippen molar-refractivity contribution in [3.63, 3.8) is 0 Å². The van der Waals surface area contributed by atoms with Crippen molar-refractivity contribution in [2.45, 2.75) is 169 Å². The van der Waals surface area contributed by atoms with Crippen LogP contribution >= 0.6 is 23.2 Å². The molecule has 14 rings (SSSR count). The number of rotatable bonds is 20. The number of hydrazine groups is 1. The monoisotopic (exact) mass is 1780 g/mol. The van der Waals surface area contributed by atoms with E-state index in [1.54, 1.807) is 31.2 Å². The van der Waals surface area contributed by atoms with Gasteiger partial charge in [-0.2, -0.15) is 0 Å². The van der Waals surface area contributed by atoms with Crippen molar-refractivity contribution in [3.8, 4) is 62.9 Å². The third-order valence-corrected chi connectivity index (χ3v) is 21.9. The van der Waals surface area contributed by atoms with Crippen LogP contribution in [-0.2, 0) is 59.1 Å². The number of aliphatic hydroxyl groups excluding tert-OH is 6. The summed E-state index contributed by atoms with van der Waals surface area (Å²) in [6.07, 6.45) is -24.6. The number of carbonyl (C=O) groups excluding carboxylic acids is 9. The molecule has 42 heteroatoms. The minimum Gasteiger partial charge on any atom is -0.508 e. The Balaban J connectivity index is 1.01. The Morgan fingerprint density at radius 1 is 0.704 bits per heavy atom. The first kappa shape index (κ1) is 92.4. The number of halogens is 5. The molecule has 18 atom stereocenters. The van der Waals surface area contributed by atoms with Gasteiger partial charge in [-0.05, 0) is 158 Å². The first-order valence-corrected chi connectivity index (χ1v) is 39.8. The van der Waals surface area contributed by atoms with Gasteiger partial charge in [0.05, 0.1) is 41.3 Å². The maximum Gasteiger partial charge on any atom is 0.573 e. The molecule has 21 N–H and O–H groups in total. The smallest absolute Gasteiger partial charge is 0.508 e. The number of nitrogens with one attached hydrogen (secondary N) is 10. The van der Waals surface area contributed by atoms with Crippen molar-refractivity contribution in [1.29, 1.82) is 0 Å². The molecule has 7 aliphatic rings. The van der Waals surface area contributed by atoms with Crippen LogP contribution in [0, 0.1) is 5.92 Å². The highest BCUT2D eigenvalue weighted by Gasteiger charge is 2.53. The van der Waals surface area contributed by atoms with Gasteiger partial charge in [-0.25, -0.2) is 5.01 Å². The highest BCUT2D eigenvalue weighted by molar-refractivity contribution is 6.32. The molecule has 125 heavy (non-hydrogen) atoms. The summed E-state index contributed by atoms with van der Waals surface area (Å²) in [5.74, 6) is -16.5. The Morgan fingerprint density at radius 2 is 1.34 bits per heavy atom. The lowest BCUT2D eigenvalue weighted by Crippen LogP contribution is -2.65. The van der Waals surface area contributed by atoms with Crippen LogP contribution in [0.15, 0.2) is 127 Å². The average molecular weight is 1780 g/mol. The second-order valence-electron chi connectivity index (χ2n) is 31.2. The topological polar surface area (TPSA) is 550 Å². The number of nitrogens with zero attached hydrogens (tertiary/aromatic N) is 1. The summed E-state index contributed by atoms with van der Waals surface area (Å²) in [7, 11) is 4.27. The number of fused-ring (bicyclic) bond motifs is 15. The predicted octanol–water partition coefficient (Wildman–Crippen LogP) is 3.60. The molecule has 2 fully saturated rings. The molecule has 7 aromatic carbocycles. The summed E-state index contributed by atoms with van der Waals surface area (Å²) in [6, 6.07) is 10.3. The van der Waals surface area contributed by atoms with Gasteiger partial charge in [0.2, 0.25) is 53.4 Å². The van der Waals surface area contributed by atoms with E-state index < -0.39 is 260 Å². The molecule has 0 radical (unpaired) electrons. The third-order valence-electron chi connectivity index (χ3n) is 21.3. The number of ether oxygens (including phenoxy) is 7. The molecule has 9 amide bonds. The van der Waals surface area contributed by atoms with Crippen molar-refractivity contribution in [1.82, 2.24) is 53.0 Å². The number of phenols is 3. The van der Waals surface area contributed by atoms with Gasteiger partial charge in [-0.1, -0.05) is 67.4 Å². The van der Waals surface area contributed by atoms with Crippen LogP contribution in [0.1, 0.15) is 121 Å². The Kier molecular flexibility index (Phi) is 28.4. The number of anilines is 1. The standard InChI is InChI=1S/C83H91Cl2F3N12O25/c1-34(2)21-49(90-5)74(112)97-64-66(106)39-14-19-53(47(84)24-39)120-55-26-41-27-56(70(55)124-81-71(69(109)68(108)57(33-101)122-81)123-59-31-82(4,72(110)35(3)119-59)91-32-36-9-8-10-42(22-36)92-73(111)37-11-16-44(17-12-37)125-83(86,87)88)121-54-20-15-40(25-48(54)85)67(107)65-79(117)96-63(80(118)99-100(6)7)46-28-43(102)29-52(104)60(46)45-23-38(13-18-51(45)103)61(76(114)98-65)95-77(115)62(41)94-75(113)50(30-58(89)105)93-78(64)116/h8-20,22-29,34-35,49-50,57,59,61-69,71-72,81,90-91,101-104,106-110H,21,30-33H2,1-7H3,(H2,89,105)(H,92,111)(H,93,116)(H,94,113)(H,95,115)(H,96,117)(H,97,112)(H,98,114)(H,99,118)/t35?,49?,50?,57?,59?,61?,62?,63-,64?,65?,66?,67?,68?,69?,71?,72?,81?,82-/m1/s1. The van der Waals surface area contributed by atoms with Gasteiger partial charge in [0.25, 0.3) is 11.8 Å². The zero-order chi connectivity index (χ0) is 90.7. The van der Waals surface area contributed by atoms with E-state index >= 15 is 24.0 Å². The molecule has 37 nitrogen and oxygen atoms in total. The average Bonchev–Trinajstić information content (AvgIpc) is 0.763. The minimum atomic E-state index is -4.97. The fourth-order valence-electron chi connectivity index (χ4n) is 15.0. The van der Waals surface area contributed by atoms with E-state index in [-0.39, 0.29) is 59.0 Å². The molecule has 7 aliphatic heterocycles. The van der Waals surface area contributed by atoms with E-state index in [0.717, 1.165) is 91.0 Å². The summed E-state index contributed by atoms with van der Waals surface area (Å²) >= 11 is 14.4. The number of aromatic hydroxyl groups is 3. The van der Waals surface area contributed by atoms with E-state index in [4.69, 9.17) is 57.4 Å². The number of aliphatic hydroxyl groups is 6. The molecule has 0 saturated carbocycles. The van der Waals surface area contributed by atoms with E-state index in [9.17, 15) is 78.3 Å². The second kappa shape index (κ2) is 38.4. The lowest BCUT2D eigenvalue weighted by Gasteiger charge is -2.48. The number of phenolic OH excluding ortho intramolecular Hbond substituents is 3. The van der Waals surface area contributed by atoms with Crippen LogP contribution < -0.4 is 78.0 Å². The highest BCUT2D eigenvalue weighted by atomic mass is 35.5. The lowest BCUT2D eigenvalue weighted by atomic mass is 9.84. The summed E-state index contributed by atoms with van der Waals surface area (Å²) in [5, 5.41) is 131. The van der Waals surface area contributed by atoms with Crippen LogP contribution in [-0.4, -0.2) is 217 Å². The van der Waals surface area contributed by atoms with Gasteiger partial charge < -0.3 is 133 Å². The molecule has 7 aromatic rings. The highest BCUT2D eigenvalue weighted by Crippen LogP contribution is 2.50. The molecule has 668 valence electrons. The molecule has 0 aromatic heterocycles. The minimum absolute atomic E-state index is 0.00855. The van der Waals surface area contributed by atoms with Crippen molar-refractivity contribution < 1.29 is 135 Å². The quantitative estimate of drug-likeness (QED) is 0.0485. The number of carbonyl (C=O) groups is 9. The number of nitrogens with two attached hydrogens (primary N) is 1. The molecular formula is C83H91Cl2F3N12O25. The summed E-state index contributed by atoms with van der Waals surface area (Å²) in [5.41, 5.74) is 5.06. The van der Waals surface area contributed by atoms with Crippen molar-refractivity contribution in [2.75, 3.05) is 33.1 Å². The largest absolute Gasteiger partial charge is 0.573 e. The maximum absolute atomic E-state index is 16.3. The van der Waals surface area contributed by atoms with Gasteiger partial charge in [-0.3, -0.25) is 48.6 Å². The second-order valence-corrected chi connectivity index (χ2v) is 32.1. The predicted molar refractivity (Wildman–Crippen MR) is 434 cm³/mol. The number of benzene rings is 7. The molecular weight excluding hydrogens is 1690 g/mol. The normalized spacial score (nSPS) is 26.1. The van der Waals surface area contributed by atoms with Gasteiger partial charge in [0, 0.05) is 61.0 Å². The van der Waals surface area contributed by atoms with Gasteiger partial charge in [0.15, 0.2) is 23.9 Å². The molecule has 2 saturated heterocycles. The van der Waals surface area contributed by atoms with E-state index in [1.807, 2.05) is 13.8 Å². The first-order valence-electron chi connectivity index (χ1n) is 39.0. The summed E-state index contributed by atoms with van der Waals surface area (Å²) in [4.78, 5) is 133. The fourth-order valence-corrected chi connectivity index (χ4v) is 15.5. The lowest BCUT2D eigenvalue weighted by molar-refractivity contribution is -0.334. The van der Waals surface area contributed by atoms with Crippen LogP contribution in [0.2, 0.25) is 10.0 Å². The number of alkyl halides is 3. The maximum atomic E-state index is 16.3. The molecule has 0 spiro atoms. The summed E-state index contributed by atoms with van der Waals surface area (Å²) in [6.45, 7) is 5.65. The van der Waals surface area contributed by atoms with Crippen LogP contribution in [0.5, 0.6) is 51.7 Å². The number of likely N-dealkylation sites (N-methyl/N-ethyl adjacent to an activating group) is 1. The third kappa shape index (κ3) is 21.3. The van der Waals surface area contributed by atoms with E-state index in [0.29, 0.717) is 5.56 Å². The van der Waals surface area contributed by atoms with E-state index in [1.165, 1.54) is 45.2 Å². The van der Waals surface area contributed by atoms with Crippen molar-refractivity contribution in [2.24, 2.45) is 11.7 Å². The Bertz CT molecular complexity index is 5280. The Morgan fingerprint density at radius 3 is 1.95 bits per heavy atom. The van der Waals surface area contributed by atoms with Gasteiger partial charge in [-0.15, -0.1) is 13.2 Å². The SMILES string of the molecule is CNC(CC(C)C)C(=O)NC1C(=O)NC(CC(N)=O)C(=O)NC2C(=O)NC3C(=O)NC(C(=O)N[C@@H](C(=O)NN(C)C)c4cc(O)cc(O)c4-c4cc3ccc4O)C(O)c3ccc(c(Cl)c3)Oc3cc2cc(c3OC2OC(CO)C(O)C(O)C2OC2C[C@@](C)(NCc3cccc(NC(=O)c4ccc(OC(F)(F)F)cc4)c3)C(O)C(C)O2)Oc2ccc(cc2Cl)C1O. The molecule has 7 heterocycles. The van der Waals surface area contributed by atoms with Crippen molar-refractivity contribution in [3.05, 3.63) is 176 Å². The van der Waals surface area contributed by atoms with Crippen molar-refractivity contribution >= 4 is 82.1 Å².